The van der Waals surface area contributed by atoms with Gasteiger partial charge in [0.15, 0.2) is 0 Å². The van der Waals surface area contributed by atoms with E-state index in [1.54, 1.807) is 42.5 Å². The fourth-order valence-corrected chi connectivity index (χ4v) is 3.57. The van der Waals surface area contributed by atoms with Gasteiger partial charge in [0, 0.05) is 39.9 Å². The standard InChI is InChI=1S/C25H17ClFN3O/c26-20-4-3-5-22(13-20)29-25(31)18(14-28)12-19-16-30(24-7-2-1-6-23(19)24)15-17-8-10-21(27)11-9-17/h1-13,16H,15H2,(H,29,31). The van der Waals surface area contributed by atoms with E-state index in [1.165, 1.54) is 12.1 Å². The highest BCUT2D eigenvalue weighted by molar-refractivity contribution is 6.31. The summed E-state index contributed by atoms with van der Waals surface area (Å²) >= 11 is 5.96. The molecule has 4 rings (SSSR count). The maximum atomic E-state index is 13.2. The number of rotatable bonds is 5. The van der Waals surface area contributed by atoms with E-state index in [0.29, 0.717) is 17.3 Å². The molecular weight excluding hydrogens is 413 g/mol. The van der Waals surface area contributed by atoms with Gasteiger partial charge in [0.2, 0.25) is 0 Å². The number of carbonyl (C=O) groups is 1. The molecule has 0 saturated carbocycles. The average Bonchev–Trinajstić information content (AvgIpc) is 3.11. The molecule has 152 valence electrons. The van der Waals surface area contributed by atoms with E-state index in [4.69, 9.17) is 11.6 Å². The van der Waals surface area contributed by atoms with Gasteiger partial charge in [-0.25, -0.2) is 4.39 Å². The topological polar surface area (TPSA) is 57.8 Å². The average molecular weight is 430 g/mol. The quantitative estimate of drug-likeness (QED) is 0.311. The Kier molecular flexibility index (Phi) is 5.83. The summed E-state index contributed by atoms with van der Waals surface area (Å²) in [6.45, 7) is 0.533. The van der Waals surface area contributed by atoms with E-state index in [2.05, 4.69) is 5.32 Å². The van der Waals surface area contributed by atoms with Gasteiger partial charge in [-0.1, -0.05) is 48.0 Å². The Morgan fingerprint density at radius 2 is 1.87 bits per heavy atom. The van der Waals surface area contributed by atoms with Gasteiger partial charge in [-0.05, 0) is 48.0 Å². The maximum Gasteiger partial charge on any atom is 0.266 e. The van der Waals surface area contributed by atoms with Crippen molar-refractivity contribution in [3.05, 3.63) is 107 Å². The lowest BCUT2D eigenvalue weighted by Crippen LogP contribution is -2.13. The number of hydrogen-bond donors (Lipinski definition) is 1. The third kappa shape index (κ3) is 4.66. The van der Waals surface area contributed by atoms with Gasteiger partial charge in [0.25, 0.3) is 5.91 Å². The molecule has 0 aliphatic carbocycles. The number of nitrogens with zero attached hydrogens (tertiary/aromatic N) is 2. The van der Waals surface area contributed by atoms with Gasteiger partial charge in [0.05, 0.1) is 0 Å². The summed E-state index contributed by atoms with van der Waals surface area (Å²) in [6.07, 6.45) is 3.46. The maximum absolute atomic E-state index is 13.2. The molecule has 4 aromatic rings. The third-order valence-electron chi connectivity index (χ3n) is 4.83. The van der Waals surface area contributed by atoms with Crippen molar-refractivity contribution in [2.45, 2.75) is 6.54 Å². The van der Waals surface area contributed by atoms with Crippen LogP contribution in [-0.4, -0.2) is 10.5 Å². The van der Waals surface area contributed by atoms with Gasteiger partial charge < -0.3 is 9.88 Å². The van der Waals surface area contributed by atoms with E-state index in [9.17, 15) is 14.4 Å². The van der Waals surface area contributed by atoms with Crippen LogP contribution in [0.4, 0.5) is 10.1 Å². The first-order valence-electron chi connectivity index (χ1n) is 9.54. The summed E-state index contributed by atoms with van der Waals surface area (Å²) in [4.78, 5) is 12.6. The first-order valence-corrected chi connectivity index (χ1v) is 9.92. The first kappa shape index (κ1) is 20.4. The number of nitrogens with one attached hydrogen (secondary N) is 1. The molecule has 3 aromatic carbocycles. The third-order valence-corrected chi connectivity index (χ3v) is 5.07. The minimum absolute atomic E-state index is 0.0235. The number of carbonyl (C=O) groups excluding carboxylic acids is 1. The van der Waals surface area contributed by atoms with Crippen molar-refractivity contribution in [3.63, 3.8) is 0 Å². The monoisotopic (exact) mass is 429 g/mol. The molecule has 1 aromatic heterocycles. The zero-order valence-corrected chi connectivity index (χ0v) is 17.1. The lowest BCUT2D eigenvalue weighted by molar-refractivity contribution is -0.112. The number of amides is 1. The van der Waals surface area contributed by atoms with Crippen molar-refractivity contribution in [1.82, 2.24) is 4.57 Å². The molecule has 0 bridgehead atoms. The SMILES string of the molecule is N#CC(=Cc1cn(Cc2ccc(F)cc2)c2ccccc12)C(=O)Nc1cccc(Cl)c1. The molecule has 0 spiro atoms. The Morgan fingerprint density at radius 3 is 2.61 bits per heavy atom. The van der Waals surface area contributed by atoms with Crippen LogP contribution in [0, 0.1) is 17.1 Å². The van der Waals surface area contributed by atoms with Crippen molar-refractivity contribution in [1.29, 1.82) is 5.26 Å². The number of fused-ring (bicyclic) bond motifs is 1. The Morgan fingerprint density at radius 1 is 1.10 bits per heavy atom. The minimum atomic E-state index is -0.514. The lowest BCUT2D eigenvalue weighted by atomic mass is 10.1. The Balaban J connectivity index is 1.67. The largest absolute Gasteiger partial charge is 0.342 e. The number of para-hydroxylation sites is 1. The molecule has 0 fully saturated rings. The second-order valence-corrected chi connectivity index (χ2v) is 7.43. The van der Waals surface area contributed by atoms with Crippen LogP contribution in [-0.2, 0) is 11.3 Å². The molecule has 31 heavy (non-hydrogen) atoms. The fourth-order valence-electron chi connectivity index (χ4n) is 3.38. The van der Waals surface area contributed by atoms with E-state index < -0.39 is 5.91 Å². The smallest absolute Gasteiger partial charge is 0.266 e. The molecule has 1 heterocycles. The van der Waals surface area contributed by atoms with Gasteiger partial charge in [0.1, 0.15) is 17.5 Å². The first-order chi connectivity index (χ1) is 15.0. The van der Waals surface area contributed by atoms with Crippen LogP contribution in [0.3, 0.4) is 0 Å². The van der Waals surface area contributed by atoms with Gasteiger partial charge in [-0.2, -0.15) is 5.26 Å². The predicted molar refractivity (Wildman–Crippen MR) is 121 cm³/mol. The Hall–Kier alpha value is -3.88. The van der Waals surface area contributed by atoms with Crippen LogP contribution < -0.4 is 5.32 Å². The summed E-state index contributed by atoms with van der Waals surface area (Å²) in [5, 5.41) is 13.7. The van der Waals surface area contributed by atoms with Crippen LogP contribution in [0.2, 0.25) is 5.02 Å². The number of nitriles is 1. The number of halogens is 2. The van der Waals surface area contributed by atoms with Crippen molar-refractivity contribution in [2.75, 3.05) is 5.32 Å². The summed E-state index contributed by atoms with van der Waals surface area (Å²) in [5.74, 6) is -0.797. The second kappa shape index (κ2) is 8.86. The summed E-state index contributed by atoms with van der Waals surface area (Å²) in [7, 11) is 0. The highest BCUT2D eigenvalue weighted by Crippen LogP contribution is 2.25. The molecule has 0 aliphatic rings. The molecule has 6 heteroatoms. The van der Waals surface area contributed by atoms with Crippen molar-refractivity contribution in [3.8, 4) is 6.07 Å². The van der Waals surface area contributed by atoms with Crippen LogP contribution in [0.25, 0.3) is 17.0 Å². The molecule has 0 saturated heterocycles. The van der Waals surface area contributed by atoms with Crippen LogP contribution in [0.1, 0.15) is 11.1 Å². The Bertz CT molecular complexity index is 1330. The molecular formula is C25H17ClFN3O. The molecule has 1 amide bonds. The normalized spacial score (nSPS) is 11.3. The molecule has 0 unspecified atom stereocenters. The van der Waals surface area contributed by atoms with E-state index in [1.807, 2.05) is 41.1 Å². The van der Waals surface area contributed by atoms with E-state index in [-0.39, 0.29) is 11.4 Å². The predicted octanol–water partition coefficient (Wildman–Crippen LogP) is 6.03. The zero-order valence-electron chi connectivity index (χ0n) is 16.3. The molecule has 4 nitrogen and oxygen atoms in total. The van der Waals surface area contributed by atoms with Crippen LogP contribution in [0.15, 0.2) is 84.6 Å². The summed E-state index contributed by atoms with van der Waals surface area (Å²) in [6, 6.07) is 22.8. The van der Waals surface area contributed by atoms with Crippen LogP contribution >= 0.6 is 11.6 Å². The number of benzene rings is 3. The zero-order chi connectivity index (χ0) is 21.8. The van der Waals surface area contributed by atoms with E-state index in [0.717, 1.165) is 22.0 Å². The summed E-state index contributed by atoms with van der Waals surface area (Å²) < 4.78 is 15.2. The van der Waals surface area contributed by atoms with E-state index >= 15 is 0 Å². The van der Waals surface area contributed by atoms with Crippen molar-refractivity contribution >= 4 is 40.2 Å². The number of hydrogen-bond acceptors (Lipinski definition) is 2. The lowest BCUT2D eigenvalue weighted by Gasteiger charge is -2.05. The van der Waals surface area contributed by atoms with Gasteiger partial charge in [-0.15, -0.1) is 0 Å². The fraction of sp³-hybridized carbons (Fsp3) is 0.0400. The molecule has 0 atom stereocenters. The highest BCUT2D eigenvalue weighted by atomic mass is 35.5. The number of anilines is 1. The summed E-state index contributed by atoms with van der Waals surface area (Å²) in [5.41, 5.74) is 3.13. The minimum Gasteiger partial charge on any atom is -0.342 e. The van der Waals surface area contributed by atoms with Gasteiger partial charge >= 0.3 is 0 Å². The molecule has 1 N–H and O–H groups in total. The Labute approximate surface area is 183 Å². The van der Waals surface area contributed by atoms with Crippen LogP contribution in [0.5, 0.6) is 0 Å². The molecule has 0 aliphatic heterocycles. The van der Waals surface area contributed by atoms with Gasteiger partial charge in [-0.3, -0.25) is 4.79 Å². The van der Waals surface area contributed by atoms with Crippen molar-refractivity contribution in [2.24, 2.45) is 0 Å². The van der Waals surface area contributed by atoms with Crippen molar-refractivity contribution < 1.29 is 9.18 Å². The number of aromatic nitrogens is 1. The highest BCUT2D eigenvalue weighted by Gasteiger charge is 2.13. The molecule has 0 radical (unpaired) electrons. The second-order valence-electron chi connectivity index (χ2n) is 6.99.